The van der Waals surface area contributed by atoms with E-state index in [2.05, 4.69) is 15.9 Å². The van der Waals surface area contributed by atoms with E-state index in [9.17, 15) is 15.0 Å². The van der Waals surface area contributed by atoms with Crippen LogP contribution in [0.15, 0.2) is 24.0 Å². The minimum absolute atomic E-state index is 0.0704. The van der Waals surface area contributed by atoms with Crippen LogP contribution < -0.4 is 0 Å². The van der Waals surface area contributed by atoms with E-state index in [-0.39, 0.29) is 5.70 Å². The number of nitroso groups, excluding NO2 is 1. The molecule has 0 N–H and O–H groups in total. The van der Waals surface area contributed by atoms with E-state index >= 15 is 0 Å². The molecule has 1 unspecified atom stereocenters. The van der Waals surface area contributed by atoms with Crippen molar-refractivity contribution < 1.29 is 9.68 Å². The van der Waals surface area contributed by atoms with Gasteiger partial charge < -0.3 is 0 Å². The van der Waals surface area contributed by atoms with Crippen LogP contribution >= 0.6 is 15.9 Å². The van der Waals surface area contributed by atoms with E-state index in [0.29, 0.717) is 4.76 Å². The van der Waals surface area contributed by atoms with E-state index in [4.69, 9.17) is 0 Å². The van der Waals surface area contributed by atoms with Gasteiger partial charge in [-0.2, -0.15) is 0 Å². The highest BCUT2D eigenvalue weighted by Crippen LogP contribution is 2.13. The molecule has 5 nitrogen and oxygen atoms in total. The monoisotopic (exact) mass is 219 g/mol. The Hall–Kier alpha value is -1.04. The first kappa shape index (κ1) is 8.06. The third-order valence-electron chi connectivity index (χ3n) is 1.15. The van der Waals surface area contributed by atoms with Crippen LogP contribution in [0.2, 0.25) is 0 Å². The van der Waals surface area contributed by atoms with Gasteiger partial charge in [0.15, 0.2) is 0 Å². The van der Waals surface area contributed by atoms with Crippen LogP contribution in [0.3, 0.4) is 0 Å². The Labute approximate surface area is 70.2 Å². The SMILES string of the molecule is O=[N+]([O-])C1=CC(Br)[N+](=O)C=C1. The Morgan fingerprint density at radius 1 is 1.73 bits per heavy atom. The lowest BCUT2D eigenvalue weighted by Gasteiger charge is -1.96. The quantitative estimate of drug-likeness (QED) is 0.219. The van der Waals surface area contributed by atoms with Gasteiger partial charge >= 0.3 is 0 Å². The summed E-state index contributed by atoms with van der Waals surface area (Å²) in [6.45, 7) is 0. The Balaban J connectivity index is 2.88. The van der Waals surface area contributed by atoms with E-state index < -0.39 is 9.87 Å². The number of nitrogens with zero attached hydrogens (tertiary/aromatic N) is 2. The molecule has 1 aliphatic rings. The van der Waals surface area contributed by atoms with Crippen molar-refractivity contribution in [3.8, 4) is 0 Å². The van der Waals surface area contributed by atoms with Crippen LogP contribution in [0.1, 0.15) is 0 Å². The van der Waals surface area contributed by atoms with Crippen molar-refractivity contribution in [2.45, 2.75) is 4.95 Å². The first-order chi connectivity index (χ1) is 5.11. The molecule has 0 saturated carbocycles. The lowest BCUT2D eigenvalue weighted by molar-refractivity contribution is -0.489. The van der Waals surface area contributed by atoms with E-state index in [1.807, 2.05) is 0 Å². The molecule has 0 saturated heterocycles. The molecule has 0 aliphatic carbocycles. The van der Waals surface area contributed by atoms with Gasteiger partial charge in [-0.1, -0.05) is 0 Å². The van der Waals surface area contributed by atoms with Gasteiger partial charge in [-0.3, -0.25) is 10.1 Å². The Bertz CT molecular complexity index is 271. The number of halogens is 1. The van der Waals surface area contributed by atoms with Crippen molar-refractivity contribution >= 4 is 15.9 Å². The van der Waals surface area contributed by atoms with Gasteiger partial charge in [-0.15, -0.1) is 0 Å². The normalized spacial score (nSPS) is 23.2. The number of hydrogen-bond acceptors (Lipinski definition) is 3. The molecule has 58 valence electrons. The number of allylic oxidation sites excluding steroid dienone is 1. The fourth-order valence-corrected chi connectivity index (χ4v) is 1.03. The van der Waals surface area contributed by atoms with Gasteiger partial charge in [-0.05, 0) is 0 Å². The van der Waals surface area contributed by atoms with Crippen LogP contribution in [0.4, 0.5) is 0 Å². The van der Waals surface area contributed by atoms with Crippen molar-refractivity contribution in [3.05, 3.63) is 39.1 Å². The van der Waals surface area contributed by atoms with Crippen LogP contribution in [-0.2, 0) is 0 Å². The number of hydrogen-bond donors (Lipinski definition) is 0. The summed E-state index contributed by atoms with van der Waals surface area (Å²) in [7, 11) is 0. The predicted octanol–water partition coefficient (Wildman–Crippen LogP) is 1.17. The molecule has 0 amide bonds. The van der Waals surface area contributed by atoms with Gasteiger partial charge in [0, 0.05) is 25.6 Å². The van der Waals surface area contributed by atoms with Gasteiger partial charge in [0.2, 0.25) is 6.20 Å². The zero-order chi connectivity index (χ0) is 8.43. The summed E-state index contributed by atoms with van der Waals surface area (Å²) in [5.41, 5.74) is -0.0704. The summed E-state index contributed by atoms with van der Waals surface area (Å²) in [5.74, 6) is 0. The lowest BCUT2D eigenvalue weighted by Crippen LogP contribution is -2.15. The highest BCUT2D eigenvalue weighted by Gasteiger charge is 2.26. The van der Waals surface area contributed by atoms with Crippen LogP contribution in [0, 0.1) is 15.0 Å². The summed E-state index contributed by atoms with van der Waals surface area (Å²) in [6, 6.07) is 0. The average molecular weight is 220 g/mol. The maximum Gasteiger partial charge on any atom is 0.285 e. The van der Waals surface area contributed by atoms with Crippen molar-refractivity contribution in [2.24, 2.45) is 0 Å². The standard InChI is InChI=1S/C5H4BrN2O3/c6-5-3-4(8(10)11)1-2-7(5)9/h1-3,5H/q+1. The molecule has 1 rings (SSSR count). The van der Waals surface area contributed by atoms with E-state index in [0.717, 1.165) is 12.3 Å². The molecule has 0 aromatic carbocycles. The molecule has 0 bridgehead atoms. The molecule has 6 heteroatoms. The number of nitro groups is 1. The molecule has 0 fully saturated rings. The molecule has 0 aromatic heterocycles. The Morgan fingerprint density at radius 3 is 2.82 bits per heavy atom. The Kier molecular flexibility index (Phi) is 2.13. The van der Waals surface area contributed by atoms with Crippen molar-refractivity contribution in [1.29, 1.82) is 0 Å². The highest BCUT2D eigenvalue weighted by molar-refractivity contribution is 9.09. The van der Waals surface area contributed by atoms with E-state index in [1.54, 1.807) is 0 Å². The second-order valence-electron chi connectivity index (χ2n) is 1.90. The first-order valence-electron chi connectivity index (χ1n) is 2.75. The third-order valence-corrected chi connectivity index (χ3v) is 1.82. The molecule has 0 spiro atoms. The molecule has 1 aliphatic heterocycles. The minimum Gasteiger partial charge on any atom is -0.258 e. The largest absolute Gasteiger partial charge is 0.285 e. The zero-order valence-corrected chi connectivity index (χ0v) is 6.89. The summed E-state index contributed by atoms with van der Waals surface area (Å²) < 4.78 is 0.576. The number of alkyl halides is 1. The summed E-state index contributed by atoms with van der Waals surface area (Å²) in [6.07, 6.45) is 3.50. The summed E-state index contributed by atoms with van der Waals surface area (Å²) >= 11 is 2.94. The first-order valence-corrected chi connectivity index (χ1v) is 3.67. The predicted molar refractivity (Wildman–Crippen MR) is 40.6 cm³/mol. The van der Waals surface area contributed by atoms with Crippen LogP contribution in [-0.4, -0.2) is 14.6 Å². The molecule has 1 heterocycles. The Morgan fingerprint density at radius 2 is 2.36 bits per heavy atom. The molecule has 0 aromatic rings. The zero-order valence-electron chi connectivity index (χ0n) is 5.31. The maximum atomic E-state index is 10.7. The highest BCUT2D eigenvalue weighted by atomic mass is 79.9. The van der Waals surface area contributed by atoms with Gasteiger partial charge in [-0.25, -0.2) is 0 Å². The maximum absolute atomic E-state index is 10.7. The van der Waals surface area contributed by atoms with Crippen LogP contribution in [0.25, 0.3) is 0 Å². The minimum atomic E-state index is -0.632. The second-order valence-corrected chi connectivity index (χ2v) is 2.84. The molecule has 0 radical (unpaired) electrons. The lowest BCUT2D eigenvalue weighted by atomic mass is 10.3. The van der Waals surface area contributed by atoms with Gasteiger partial charge in [0.1, 0.15) is 0 Å². The molecular formula is C5H4BrN2O3+. The average Bonchev–Trinajstić information content (AvgIpc) is 1.94. The summed E-state index contributed by atoms with van der Waals surface area (Å²) in [5, 5.41) is 10.2. The van der Waals surface area contributed by atoms with Crippen LogP contribution in [0.5, 0.6) is 0 Å². The van der Waals surface area contributed by atoms with Gasteiger partial charge in [0.05, 0.1) is 17.1 Å². The van der Waals surface area contributed by atoms with Gasteiger partial charge in [0.25, 0.3) is 10.6 Å². The molecule has 1 atom stereocenters. The van der Waals surface area contributed by atoms with Crippen molar-refractivity contribution in [1.82, 2.24) is 0 Å². The van der Waals surface area contributed by atoms with E-state index in [1.165, 1.54) is 6.08 Å². The molecule has 11 heavy (non-hydrogen) atoms. The topological polar surface area (TPSA) is 63.2 Å². The van der Waals surface area contributed by atoms with Crippen molar-refractivity contribution in [2.75, 3.05) is 0 Å². The fourth-order valence-electron chi connectivity index (χ4n) is 0.624. The third kappa shape index (κ3) is 1.70. The molecular weight excluding hydrogens is 216 g/mol. The smallest absolute Gasteiger partial charge is 0.258 e. The second kappa shape index (κ2) is 2.91. The fraction of sp³-hybridized carbons (Fsp3) is 0.200. The number of rotatable bonds is 1. The summed E-state index contributed by atoms with van der Waals surface area (Å²) in [4.78, 5) is 19.7. The van der Waals surface area contributed by atoms with Crippen molar-refractivity contribution in [3.63, 3.8) is 0 Å².